The van der Waals surface area contributed by atoms with E-state index < -0.39 is 5.60 Å². The number of rotatable bonds is 3. The number of amides is 1. The molecule has 3 aliphatic rings. The number of likely N-dealkylation sites (tertiary alicyclic amines) is 2. The van der Waals surface area contributed by atoms with Gasteiger partial charge in [-0.2, -0.15) is 0 Å². The van der Waals surface area contributed by atoms with Gasteiger partial charge < -0.3 is 25.2 Å². The first-order valence-corrected chi connectivity index (χ1v) is 10.5. The fourth-order valence-electron chi connectivity index (χ4n) is 4.87. The topological polar surface area (TPSA) is 62.0 Å². The van der Waals surface area contributed by atoms with Crippen molar-refractivity contribution in [2.24, 2.45) is 11.3 Å². The number of nitrogens with zero attached hydrogens (tertiary/aromatic N) is 3. The number of carbonyl (C=O) groups excluding carboxylic acids is 1. The Kier molecular flexibility index (Phi) is 4.94. The van der Waals surface area contributed by atoms with E-state index in [-0.39, 0.29) is 6.09 Å². The quantitative estimate of drug-likeness (QED) is 0.809. The van der Waals surface area contributed by atoms with E-state index in [4.69, 9.17) is 10.5 Å². The van der Waals surface area contributed by atoms with Gasteiger partial charge in [0.25, 0.3) is 0 Å². The van der Waals surface area contributed by atoms with E-state index in [9.17, 15) is 4.79 Å². The van der Waals surface area contributed by atoms with Crippen LogP contribution in [0.4, 0.5) is 16.2 Å². The molecule has 0 bridgehead atoms. The summed E-state index contributed by atoms with van der Waals surface area (Å²) in [7, 11) is 0. The lowest BCUT2D eigenvalue weighted by Gasteiger charge is -2.60. The third-order valence-corrected chi connectivity index (χ3v) is 6.21. The number of carbonyl (C=O) groups is 1. The van der Waals surface area contributed by atoms with Gasteiger partial charge in [-0.15, -0.1) is 0 Å². The molecule has 6 heteroatoms. The van der Waals surface area contributed by atoms with Gasteiger partial charge in [0.1, 0.15) is 5.60 Å². The van der Waals surface area contributed by atoms with E-state index in [0.717, 1.165) is 50.9 Å². The molecular formula is C22H34N4O2. The van der Waals surface area contributed by atoms with Gasteiger partial charge >= 0.3 is 6.09 Å². The van der Waals surface area contributed by atoms with Gasteiger partial charge in [-0.25, -0.2) is 4.79 Å². The van der Waals surface area contributed by atoms with Crippen LogP contribution in [-0.2, 0) is 4.74 Å². The molecule has 1 aromatic rings. The minimum absolute atomic E-state index is 0.161. The van der Waals surface area contributed by atoms with Gasteiger partial charge in [-0.3, -0.25) is 0 Å². The largest absolute Gasteiger partial charge is 0.444 e. The molecule has 1 amide bonds. The molecule has 0 radical (unpaired) electrons. The molecule has 3 heterocycles. The van der Waals surface area contributed by atoms with Crippen molar-refractivity contribution in [3.63, 3.8) is 0 Å². The molecule has 0 aliphatic carbocycles. The summed E-state index contributed by atoms with van der Waals surface area (Å²) in [4.78, 5) is 19.0. The fourth-order valence-corrected chi connectivity index (χ4v) is 4.87. The fraction of sp³-hybridized carbons (Fsp3) is 0.682. The number of hydrogen-bond donors (Lipinski definition) is 1. The number of ether oxygens (including phenoxy) is 1. The highest BCUT2D eigenvalue weighted by molar-refractivity contribution is 5.69. The Morgan fingerprint density at radius 3 is 2.29 bits per heavy atom. The van der Waals surface area contributed by atoms with Crippen LogP contribution < -0.4 is 10.6 Å². The van der Waals surface area contributed by atoms with Crippen molar-refractivity contribution < 1.29 is 9.53 Å². The molecule has 3 aliphatic heterocycles. The van der Waals surface area contributed by atoms with Crippen LogP contribution in [0.3, 0.4) is 0 Å². The van der Waals surface area contributed by atoms with E-state index in [1.807, 2.05) is 37.8 Å². The van der Waals surface area contributed by atoms with Gasteiger partial charge in [-0.05, 0) is 63.8 Å². The Morgan fingerprint density at radius 2 is 1.71 bits per heavy atom. The summed E-state index contributed by atoms with van der Waals surface area (Å²) in [6.45, 7) is 13.2. The third-order valence-electron chi connectivity index (χ3n) is 6.21. The number of anilines is 2. The van der Waals surface area contributed by atoms with Crippen molar-refractivity contribution in [3.05, 3.63) is 24.3 Å². The maximum Gasteiger partial charge on any atom is 0.410 e. The molecule has 154 valence electrons. The molecule has 0 unspecified atom stereocenters. The predicted octanol–water partition coefficient (Wildman–Crippen LogP) is 3.04. The second-order valence-corrected chi connectivity index (χ2v) is 10.0. The molecule has 0 saturated carbocycles. The summed E-state index contributed by atoms with van der Waals surface area (Å²) in [5.41, 5.74) is 7.83. The molecule has 4 rings (SSSR count). The molecule has 1 aromatic carbocycles. The van der Waals surface area contributed by atoms with E-state index >= 15 is 0 Å². The molecule has 2 N–H and O–H groups in total. The maximum absolute atomic E-state index is 12.1. The molecule has 6 nitrogen and oxygen atoms in total. The van der Waals surface area contributed by atoms with Crippen LogP contribution in [0.5, 0.6) is 0 Å². The van der Waals surface area contributed by atoms with E-state index in [1.54, 1.807) is 0 Å². The first-order chi connectivity index (χ1) is 13.2. The van der Waals surface area contributed by atoms with Crippen molar-refractivity contribution in [1.82, 2.24) is 9.80 Å². The minimum atomic E-state index is -0.410. The zero-order chi connectivity index (χ0) is 19.9. The van der Waals surface area contributed by atoms with Crippen molar-refractivity contribution in [2.45, 2.75) is 39.2 Å². The van der Waals surface area contributed by atoms with Gasteiger partial charge in [-0.1, -0.05) is 0 Å². The van der Waals surface area contributed by atoms with Gasteiger partial charge in [0.2, 0.25) is 0 Å². The zero-order valence-corrected chi connectivity index (χ0v) is 17.5. The van der Waals surface area contributed by atoms with Crippen molar-refractivity contribution >= 4 is 17.5 Å². The lowest BCUT2D eigenvalue weighted by Crippen LogP contribution is -2.73. The number of piperidine rings is 1. The number of hydrogen-bond acceptors (Lipinski definition) is 5. The second kappa shape index (κ2) is 7.14. The molecule has 1 spiro atoms. The second-order valence-electron chi connectivity index (χ2n) is 10.0. The normalized spacial score (nSPS) is 22.7. The summed E-state index contributed by atoms with van der Waals surface area (Å²) in [5.74, 6) is 0.782. The van der Waals surface area contributed by atoms with Crippen molar-refractivity contribution in [2.75, 3.05) is 56.4 Å². The third kappa shape index (κ3) is 4.22. The smallest absolute Gasteiger partial charge is 0.410 e. The van der Waals surface area contributed by atoms with Crippen molar-refractivity contribution in [1.29, 1.82) is 0 Å². The van der Waals surface area contributed by atoms with Crippen molar-refractivity contribution in [3.8, 4) is 0 Å². The monoisotopic (exact) mass is 386 g/mol. The van der Waals surface area contributed by atoms with E-state index in [0.29, 0.717) is 5.41 Å². The van der Waals surface area contributed by atoms with Gasteiger partial charge in [0.05, 0.1) is 0 Å². The van der Waals surface area contributed by atoms with Gasteiger partial charge in [0.15, 0.2) is 0 Å². The van der Waals surface area contributed by atoms with Crippen LogP contribution >= 0.6 is 0 Å². The highest BCUT2D eigenvalue weighted by Crippen LogP contribution is 2.41. The van der Waals surface area contributed by atoms with E-state index in [2.05, 4.69) is 21.9 Å². The van der Waals surface area contributed by atoms with Crippen LogP contribution in [0.2, 0.25) is 0 Å². The number of nitrogen functional groups attached to an aromatic ring is 1. The standard InChI is InChI=1S/C22H34N4O2/c1-21(2,3)28-20(27)26-15-22(16-26)13-24(14-22)12-17-8-10-25(11-9-17)19-6-4-18(23)5-7-19/h4-7,17H,8-16,23H2,1-3H3. The average Bonchev–Trinajstić information content (AvgIpc) is 2.55. The Hall–Kier alpha value is -1.95. The summed E-state index contributed by atoms with van der Waals surface area (Å²) in [6, 6.07) is 8.23. The highest BCUT2D eigenvalue weighted by atomic mass is 16.6. The van der Waals surface area contributed by atoms with Crippen LogP contribution in [0.25, 0.3) is 0 Å². The zero-order valence-electron chi connectivity index (χ0n) is 17.5. The lowest BCUT2D eigenvalue weighted by molar-refractivity contribution is -0.116. The number of nitrogens with two attached hydrogens (primary N) is 1. The Labute approximate surface area is 168 Å². The Morgan fingerprint density at radius 1 is 1.11 bits per heavy atom. The summed E-state index contributed by atoms with van der Waals surface area (Å²) in [5, 5.41) is 0. The first-order valence-electron chi connectivity index (χ1n) is 10.5. The highest BCUT2D eigenvalue weighted by Gasteiger charge is 2.53. The summed E-state index contributed by atoms with van der Waals surface area (Å²) < 4.78 is 5.47. The maximum atomic E-state index is 12.1. The summed E-state index contributed by atoms with van der Waals surface area (Å²) in [6.07, 6.45) is 2.34. The Balaban J connectivity index is 1.16. The van der Waals surface area contributed by atoms with Crippen LogP contribution in [0.15, 0.2) is 24.3 Å². The molecular weight excluding hydrogens is 352 g/mol. The Bertz CT molecular complexity index is 690. The first kappa shape index (κ1) is 19.4. The van der Waals surface area contributed by atoms with E-state index in [1.165, 1.54) is 25.1 Å². The average molecular weight is 387 g/mol. The lowest BCUT2D eigenvalue weighted by atomic mass is 9.72. The summed E-state index contributed by atoms with van der Waals surface area (Å²) >= 11 is 0. The molecule has 3 fully saturated rings. The van der Waals surface area contributed by atoms with Crippen LogP contribution in [0, 0.1) is 11.3 Å². The predicted molar refractivity (Wildman–Crippen MR) is 112 cm³/mol. The van der Waals surface area contributed by atoms with Gasteiger partial charge in [0, 0.05) is 62.6 Å². The van der Waals surface area contributed by atoms with Crippen LogP contribution in [-0.4, -0.2) is 67.3 Å². The molecule has 3 saturated heterocycles. The minimum Gasteiger partial charge on any atom is -0.444 e. The molecule has 28 heavy (non-hydrogen) atoms. The van der Waals surface area contributed by atoms with Crippen LogP contribution in [0.1, 0.15) is 33.6 Å². The number of benzene rings is 1. The molecule has 0 aromatic heterocycles. The SMILES string of the molecule is CC(C)(C)OC(=O)N1CC2(CN(CC3CCN(c4ccc(N)cc4)CC3)C2)C1. The molecule has 0 atom stereocenters.